The molecule has 0 bridgehead atoms. The number of aromatic carboxylic acids is 1. The van der Waals surface area contributed by atoms with E-state index in [9.17, 15) is 9.90 Å². The zero-order valence-corrected chi connectivity index (χ0v) is 15.1. The molecule has 0 aliphatic carbocycles. The number of hydrogen-bond donors (Lipinski definition) is 2. The molecule has 0 unspecified atom stereocenters. The number of benzene rings is 1. The van der Waals surface area contributed by atoms with Gasteiger partial charge in [0.1, 0.15) is 0 Å². The Kier molecular flexibility index (Phi) is 4.82. The van der Waals surface area contributed by atoms with Gasteiger partial charge in [-0.05, 0) is 76.5 Å². The van der Waals surface area contributed by atoms with Crippen molar-refractivity contribution in [3.63, 3.8) is 0 Å². The van der Waals surface area contributed by atoms with Gasteiger partial charge < -0.3 is 10.4 Å². The molecule has 3 aromatic rings. The van der Waals surface area contributed by atoms with Crippen molar-refractivity contribution in [2.45, 2.75) is 25.3 Å². The van der Waals surface area contributed by atoms with Crippen LogP contribution in [0.4, 0.5) is 0 Å². The molecule has 0 saturated heterocycles. The summed E-state index contributed by atoms with van der Waals surface area (Å²) in [5.74, 6) is -0.889. The molecule has 0 spiro atoms. The van der Waals surface area contributed by atoms with Crippen LogP contribution in [0.1, 0.15) is 39.5 Å². The first-order valence-corrected chi connectivity index (χ1v) is 9.71. The summed E-state index contributed by atoms with van der Waals surface area (Å²) in [4.78, 5) is 15.5. The van der Waals surface area contributed by atoms with Gasteiger partial charge in [0.05, 0.1) is 5.56 Å². The molecular formula is C21H20N2O2S. The number of aromatic nitrogens is 1. The predicted octanol–water partition coefficient (Wildman–Crippen LogP) is 4.33. The Morgan fingerprint density at radius 1 is 1.27 bits per heavy atom. The summed E-state index contributed by atoms with van der Waals surface area (Å²) in [6, 6.07) is 10.7. The van der Waals surface area contributed by atoms with Crippen LogP contribution in [0.2, 0.25) is 0 Å². The summed E-state index contributed by atoms with van der Waals surface area (Å²) in [6.07, 6.45) is 5.78. The lowest BCUT2D eigenvalue weighted by Crippen LogP contribution is -2.30. The largest absolute Gasteiger partial charge is 0.478 e. The van der Waals surface area contributed by atoms with Crippen molar-refractivity contribution in [1.29, 1.82) is 0 Å². The van der Waals surface area contributed by atoms with Crippen molar-refractivity contribution in [2.75, 3.05) is 6.54 Å². The number of nitrogens with zero attached hydrogens (tertiary/aromatic N) is 1. The number of carboxylic acids is 1. The van der Waals surface area contributed by atoms with Crippen molar-refractivity contribution < 1.29 is 9.90 Å². The van der Waals surface area contributed by atoms with Gasteiger partial charge in [0, 0.05) is 18.4 Å². The van der Waals surface area contributed by atoms with Crippen molar-refractivity contribution in [3.05, 3.63) is 75.7 Å². The third-order valence-electron chi connectivity index (χ3n) is 4.99. The molecule has 1 aliphatic rings. The Balaban J connectivity index is 1.54. The molecule has 4 rings (SSSR count). The molecule has 0 amide bonds. The Morgan fingerprint density at radius 3 is 3.00 bits per heavy atom. The molecule has 2 N–H and O–H groups in total. The second-order valence-electron chi connectivity index (χ2n) is 6.56. The first-order valence-electron chi connectivity index (χ1n) is 8.77. The molecule has 1 aliphatic heterocycles. The minimum Gasteiger partial charge on any atom is -0.478 e. The summed E-state index contributed by atoms with van der Waals surface area (Å²) < 4.78 is 0. The van der Waals surface area contributed by atoms with Crippen LogP contribution in [0.3, 0.4) is 0 Å². The first-order chi connectivity index (χ1) is 12.7. The van der Waals surface area contributed by atoms with Crippen LogP contribution in [0.5, 0.6) is 0 Å². The van der Waals surface area contributed by atoms with E-state index in [-0.39, 0.29) is 6.04 Å². The summed E-state index contributed by atoms with van der Waals surface area (Å²) in [6.45, 7) is 0.948. The molecule has 0 saturated carbocycles. The summed E-state index contributed by atoms with van der Waals surface area (Å²) in [7, 11) is 0. The van der Waals surface area contributed by atoms with Gasteiger partial charge in [0.25, 0.3) is 0 Å². The van der Waals surface area contributed by atoms with Gasteiger partial charge in [-0.25, -0.2) is 4.79 Å². The number of carbonyl (C=O) groups is 1. The number of nitrogens with one attached hydrogen (secondary N) is 1. The maximum atomic E-state index is 11.4. The van der Waals surface area contributed by atoms with Crippen LogP contribution in [-0.2, 0) is 12.8 Å². The zero-order valence-electron chi connectivity index (χ0n) is 14.3. The highest BCUT2D eigenvalue weighted by Gasteiger charge is 2.21. The lowest BCUT2D eigenvalue weighted by molar-refractivity contribution is 0.0695. The molecule has 2 aromatic heterocycles. The van der Waals surface area contributed by atoms with Crippen LogP contribution < -0.4 is 5.32 Å². The predicted molar refractivity (Wildman–Crippen MR) is 104 cm³/mol. The van der Waals surface area contributed by atoms with Crippen LogP contribution in [-0.4, -0.2) is 22.6 Å². The van der Waals surface area contributed by atoms with E-state index in [4.69, 9.17) is 0 Å². The number of hydrogen-bond acceptors (Lipinski definition) is 4. The number of carboxylic acid groups (broad SMARTS) is 1. The Morgan fingerprint density at radius 2 is 2.19 bits per heavy atom. The Labute approximate surface area is 156 Å². The fraction of sp³-hybridized carbons (Fsp3) is 0.238. The van der Waals surface area contributed by atoms with E-state index in [1.807, 2.05) is 0 Å². The van der Waals surface area contributed by atoms with E-state index >= 15 is 0 Å². The number of thiophene rings is 1. The maximum absolute atomic E-state index is 11.4. The average Bonchev–Trinajstić information content (AvgIpc) is 3.21. The molecule has 0 radical (unpaired) electrons. The zero-order chi connectivity index (χ0) is 17.9. The minimum atomic E-state index is -0.889. The van der Waals surface area contributed by atoms with E-state index in [1.165, 1.54) is 28.5 Å². The molecule has 0 fully saturated rings. The lowest BCUT2D eigenvalue weighted by Gasteiger charge is -2.27. The number of rotatable bonds is 5. The van der Waals surface area contributed by atoms with Gasteiger partial charge in [-0.3, -0.25) is 4.98 Å². The lowest BCUT2D eigenvalue weighted by atomic mass is 9.88. The van der Waals surface area contributed by atoms with Crippen molar-refractivity contribution in [1.82, 2.24) is 10.3 Å². The second kappa shape index (κ2) is 7.40. The SMILES string of the molecule is O=C(O)c1ccncc1CC[C@@H]1NCCc2cc(-c3ccsc3)ccc21. The van der Waals surface area contributed by atoms with E-state index in [0.717, 1.165) is 24.9 Å². The van der Waals surface area contributed by atoms with Gasteiger partial charge >= 0.3 is 5.97 Å². The highest BCUT2D eigenvalue weighted by molar-refractivity contribution is 7.08. The molecular weight excluding hydrogens is 344 g/mol. The fourth-order valence-corrected chi connectivity index (χ4v) is 4.32. The van der Waals surface area contributed by atoms with Gasteiger partial charge in [0.2, 0.25) is 0 Å². The van der Waals surface area contributed by atoms with Crippen LogP contribution in [0, 0.1) is 0 Å². The standard InChI is InChI=1S/C21H20N2O2S/c24-21(25)19-6-8-22-12-16(19)2-4-20-18-3-1-14(17-7-10-26-13-17)11-15(18)5-9-23-20/h1,3,6-8,10-13,20,23H,2,4-5,9H2,(H,24,25)/t20-/m0/s1. The van der Waals surface area contributed by atoms with Gasteiger partial charge in [-0.15, -0.1) is 0 Å². The Hall–Kier alpha value is -2.50. The highest BCUT2D eigenvalue weighted by Crippen LogP contribution is 2.31. The topological polar surface area (TPSA) is 62.2 Å². The average molecular weight is 364 g/mol. The van der Waals surface area contributed by atoms with Gasteiger partial charge in [-0.2, -0.15) is 11.3 Å². The molecule has 4 nitrogen and oxygen atoms in total. The summed E-state index contributed by atoms with van der Waals surface area (Å²) in [5.41, 5.74) is 6.41. The first kappa shape index (κ1) is 16.9. The normalized spacial score (nSPS) is 16.2. The minimum absolute atomic E-state index is 0.247. The number of aryl methyl sites for hydroxylation is 1. The third-order valence-corrected chi connectivity index (χ3v) is 5.68. The van der Waals surface area contributed by atoms with Crippen LogP contribution in [0.25, 0.3) is 11.1 Å². The quantitative estimate of drug-likeness (QED) is 0.707. The summed E-state index contributed by atoms with van der Waals surface area (Å²) in [5, 5.41) is 17.2. The van der Waals surface area contributed by atoms with Gasteiger partial charge in [-0.1, -0.05) is 18.2 Å². The molecule has 5 heteroatoms. The molecule has 1 atom stereocenters. The molecule has 3 heterocycles. The maximum Gasteiger partial charge on any atom is 0.336 e. The second-order valence-corrected chi connectivity index (χ2v) is 7.34. The Bertz CT molecular complexity index is 922. The van der Waals surface area contributed by atoms with E-state index < -0.39 is 5.97 Å². The van der Waals surface area contributed by atoms with Crippen LogP contribution in [0.15, 0.2) is 53.5 Å². The molecule has 132 valence electrons. The highest BCUT2D eigenvalue weighted by atomic mass is 32.1. The smallest absolute Gasteiger partial charge is 0.336 e. The molecule has 26 heavy (non-hydrogen) atoms. The van der Waals surface area contributed by atoms with Crippen molar-refractivity contribution in [2.24, 2.45) is 0 Å². The monoisotopic (exact) mass is 364 g/mol. The third kappa shape index (κ3) is 3.41. The van der Waals surface area contributed by atoms with E-state index in [1.54, 1.807) is 23.6 Å². The number of fused-ring (bicyclic) bond motifs is 1. The van der Waals surface area contributed by atoms with E-state index in [2.05, 4.69) is 45.3 Å². The van der Waals surface area contributed by atoms with Gasteiger partial charge in [0.15, 0.2) is 0 Å². The van der Waals surface area contributed by atoms with Crippen molar-refractivity contribution in [3.8, 4) is 11.1 Å². The summed E-state index contributed by atoms with van der Waals surface area (Å²) >= 11 is 1.72. The van der Waals surface area contributed by atoms with Crippen molar-refractivity contribution >= 4 is 17.3 Å². The number of pyridine rings is 1. The fourth-order valence-electron chi connectivity index (χ4n) is 3.65. The molecule has 1 aromatic carbocycles. The van der Waals surface area contributed by atoms with Crippen LogP contribution >= 0.6 is 11.3 Å². The van der Waals surface area contributed by atoms with E-state index in [0.29, 0.717) is 12.0 Å².